The lowest BCUT2D eigenvalue weighted by molar-refractivity contribution is 0.530. The molecule has 0 aliphatic rings. The Balaban J connectivity index is 2.94. The number of hydrogen-bond acceptors (Lipinski definition) is 3. The lowest BCUT2D eigenvalue weighted by Crippen LogP contribution is -2.33. The van der Waals surface area contributed by atoms with Crippen molar-refractivity contribution < 1.29 is 8.42 Å². The molecule has 1 rings (SSSR count). The van der Waals surface area contributed by atoms with Crippen molar-refractivity contribution >= 4 is 15.7 Å². The fraction of sp³-hybridized carbons (Fsp3) is 0.455. The van der Waals surface area contributed by atoms with Crippen molar-refractivity contribution in [3.8, 4) is 0 Å². The molecule has 0 amide bonds. The average Bonchev–Trinajstić information content (AvgIpc) is 2.26. The summed E-state index contributed by atoms with van der Waals surface area (Å²) in [6.07, 6.45) is 1.55. The molecule has 1 aromatic carbocycles. The van der Waals surface area contributed by atoms with Crippen LogP contribution in [0.1, 0.15) is 26.7 Å². The van der Waals surface area contributed by atoms with Crippen LogP contribution in [-0.2, 0) is 10.0 Å². The predicted octanol–water partition coefficient (Wildman–Crippen LogP) is 1.74. The van der Waals surface area contributed by atoms with E-state index < -0.39 is 10.0 Å². The van der Waals surface area contributed by atoms with Crippen molar-refractivity contribution in [2.24, 2.45) is 0 Å². The van der Waals surface area contributed by atoms with E-state index in [1.165, 1.54) is 6.07 Å². The van der Waals surface area contributed by atoms with Crippen molar-refractivity contribution in [2.45, 2.75) is 37.6 Å². The van der Waals surface area contributed by atoms with E-state index in [0.29, 0.717) is 5.69 Å². The molecule has 0 fully saturated rings. The summed E-state index contributed by atoms with van der Waals surface area (Å²) in [6, 6.07) is 6.28. The highest BCUT2D eigenvalue weighted by molar-refractivity contribution is 7.89. The van der Waals surface area contributed by atoms with Crippen molar-refractivity contribution in [3.05, 3.63) is 24.3 Å². The molecule has 0 aliphatic carbocycles. The molecular formula is C11H18N2O2S. The van der Waals surface area contributed by atoms with Gasteiger partial charge < -0.3 is 5.73 Å². The van der Waals surface area contributed by atoms with Crippen molar-refractivity contribution in [2.75, 3.05) is 5.73 Å². The average molecular weight is 242 g/mol. The van der Waals surface area contributed by atoms with Gasteiger partial charge in [0.05, 0.1) is 4.90 Å². The molecule has 0 saturated carbocycles. The van der Waals surface area contributed by atoms with Crippen LogP contribution in [0.2, 0.25) is 0 Å². The third-order valence-corrected chi connectivity index (χ3v) is 3.99. The van der Waals surface area contributed by atoms with E-state index in [1.807, 2.05) is 13.8 Å². The molecule has 0 unspecified atom stereocenters. The minimum atomic E-state index is -3.44. The highest BCUT2D eigenvalue weighted by Crippen LogP contribution is 2.14. The molecule has 0 bridgehead atoms. The lowest BCUT2D eigenvalue weighted by Gasteiger charge is -2.15. The summed E-state index contributed by atoms with van der Waals surface area (Å²) in [5.74, 6) is 0. The van der Waals surface area contributed by atoms with Gasteiger partial charge in [-0.15, -0.1) is 0 Å². The number of nitrogens with one attached hydrogen (secondary N) is 1. The van der Waals surface area contributed by atoms with Crippen LogP contribution in [0.5, 0.6) is 0 Å². The van der Waals surface area contributed by atoms with Gasteiger partial charge in [-0.3, -0.25) is 0 Å². The molecule has 4 nitrogen and oxygen atoms in total. The Bertz CT molecular complexity index is 439. The Labute approximate surface area is 96.9 Å². The molecular weight excluding hydrogens is 224 g/mol. The molecule has 0 atom stereocenters. The fourth-order valence-electron chi connectivity index (χ4n) is 1.42. The number of hydrogen-bond donors (Lipinski definition) is 2. The predicted molar refractivity (Wildman–Crippen MR) is 65.5 cm³/mol. The largest absolute Gasteiger partial charge is 0.399 e. The molecule has 90 valence electrons. The first-order valence-corrected chi connectivity index (χ1v) is 6.85. The summed E-state index contributed by atoms with van der Waals surface area (Å²) in [5, 5.41) is 0. The van der Waals surface area contributed by atoms with E-state index in [2.05, 4.69) is 4.72 Å². The maximum absolute atomic E-state index is 11.9. The first-order valence-electron chi connectivity index (χ1n) is 5.37. The third-order valence-electron chi connectivity index (χ3n) is 2.48. The topological polar surface area (TPSA) is 72.2 Å². The molecule has 0 radical (unpaired) electrons. The summed E-state index contributed by atoms with van der Waals surface area (Å²) < 4.78 is 26.5. The molecule has 0 aromatic heterocycles. The van der Waals surface area contributed by atoms with Crippen LogP contribution in [0.4, 0.5) is 5.69 Å². The van der Waals surface area contributed by atoms with E-state index in [4.69, 9.17) is 5.73 Å². The minimum Gasteiger partial charge on any atom is -0.399 e. The van der Waals surface area contributed by atoms with Crippen LogP contribution in [-0.4, -0.2) is 14.5 Å². The Morgan fingerprint density at radius 1 is 1.31 bits per heavy atom. The van der Waals surface area contributed by atoms with Gasteiger partial charge in [0, 0.05) is 11.7 Å². The quantitative estimate of drug-likeness (QED) is 0.772. The van der Waals surface area contributed by atoms with Crippen LogP contribution in [0, 0.1) is 0 Å². The number of nitrogen functional groups attached to an aromatic ring is 1. The van der Waals surface area contributed by atoms with Crippen molar-refractivity contribution in [1.29, 1.82) is 0 Å². The second-order valence-electron chi connectivity index (χ2n) is 3.71. The normalized spacial score (nSPS) is 11.9. The highest BCUT2D eigenvalue weighted by Gasteiger charge is 2.17. The van der Waals surface area contributed by atoms with Crippen LogP contribution < -0.4 is 10.5 Å². The zero-order valence-electron chi connectivity index (χ0n) is 9.60. The van der Waals surface area contributed by atoms with Gasteiger partial charge >= 0.3 is 0 Å². The molecule has 5 heteroatoms. The second-order valence-corrected chi connectivity index (χ2v) is 5.42. The summed E-state index contributed by atoms with van der Waals surface area (Å²) in [4.78, 5) is 0.222. The van der Waals surface area contributed by atoms with Crippen LogP contribution in [0.15, 0.2) is 29.2 Å². The Morgan fingerprint density at radius 2 is 1.94 bits per heavy atom. The Hall–Kier alpha value is -1.07. The van der Waals surface area contributed by atoms with Crippen LogP contribution >= 0.6 is 0 Å². The van der Waals surface area contributed by atoms with Gasteiger partial charge in [0.1, 0.15) is 0 Å². The number of nitrogens with two attached hydrogens (primary N) is 1. The van der Waals surface area contributed by atoms with E-state index in [9.17, 15) is 8.42 Å². The van der Waals surface area contributed by atoms with E-state index >= 15 is 0 Å². The molecule has 1 aromatic rings. The van der Waals surface area contributed by atoms with Gasteiger partial charge in [-0.1, -0.05) is 19.9 Å². The zero-order valence-corrected chi connectivity index (χ0v) is 10.4. The van der Waals surface area contributed by atoms with Crippen molar-refractivity contribution in [3.63, 3.8) is 0 Å². The number of benzene rings is 1. The standard InChI is InChI=1S/C11H18N2O2S/c1-3-10(4-2)13-16(14,15)11-7-5-6-9(12)8-11/h5-8,10,13H,3-4,12H2,1-2H3. The monoisotopic (exact) mass is 242 g/mol. The SMILES string of the molecule is CCC(CC)NS(=O)(=O)c1cccc(N)c1. The van der Waals surface area contributed by atoms with Gasteiger partial charge in [0.2, 0.25) is 10.0 Å². The molecule has 0 saturated heterocycles. The van der Waals surface area contributed by atoms with Gasteiger partial charge in [0.15, 0.2) is 0 Å². The van der Waals surface area contributed by atoms with E-state index in [1.54, 1.807) is 18.2 Å². The van der Waals surface area contributed by atoms with E-state index in [0.717, 1.165) is 12.8 Å². The first kappa shape index (κ1) is 13.0. The molecule has 16 heavy (non-hydrogen) atoms. The van der Waals surface area contributed by atoms with Gasteiger partial charge in [-0.2, -0.15) is 0 Å². The number of rotatable bonds is 5. The van der Waals surface area contributed by atoms with Gasteiger partial charge in [0.25, 0.3) is 0 Å². The Kier molecular flexibility index (Phi) is 4.32. The van der Waals surface area contributed by atoms with E-state index in [-0.39, 0.29) is 10.9 Å². The maximum Gasteiger partial charge on any atom is 0.240 e. The maximum atomic E-state index is 11.9. The highest BCUT2D eigenvalue weighted by atomic mass is 32.2. The second kappa shape index (κ2) is 5.32. The lowest BCUT2D eigenvalue weighted by atomic mass is 10.2. The van der Waals surface area contributed by atoms with Crippen molar-refractivity contribution in [1.82, 2.24) is 4.72 Å². The van der Waals surface area contributed by atoms with Crippen LogP contribution in [0.25, 0.3) is 0 Å². The number of sulfonamides is 1. The zero-order chi connectivity index (χ0) is 12.2. The Morgan fingerprint density at radius 3 is 2.44 bits per heavy atom. The molecule has 0 spiro atoms. The fourth-order valence-corrected chi connectivity index (χ4v) is 2.88. The smallest absolute Gasteiger partial charge is 0.240 e. The third kappa shape index (κ3) is 3.21. The molecule has 0 aliphatic heterocycles. The molecule has 3 N–H and O–H groups in total. The van der Waals surface area contributed by atoms with Crippen LogP contribution in [0.3, 0.4) is 0 Å². The summed E-state index contributed by atoms with van der Waals surface area (Å²) in [7, 11) is -3.44. The summed E-state index contributed by atoms with van der Waals surface area (Å²) in [6.45, 7) is 3.91. The molecule has 0 heterocycles. The van der Waals surface area contributed by atoms with Gasteiger partial charge in [-0.05, 0) is 31.0 Å². The number of anilines is 1. The summed E-state index contributed by atoms with van der Waals surface area (Å²) in [5.41, 5.74) is 6.01. The minimum absolute atomic E-state index is 0.0218. The summed E-state index contributed by atoms with van der Waals surface area (Å²) >= 11 is 0. The first-order chi connectivity index (χ1) is 7.49. The van der Waals surface area contributed by atoms with Gasteiger partial charge in [-0.25, -0.2) is 13.1 Å².